The lowest BCUT2D eigenvalue weighted by atomic mass is 9.96. The molecule has 4 heteroatoms. The summed E-state index contributed by atoms with van der Waals surface area (Å²) in [6, 6.07) is 14.5. The van der Waals surface area contributed by atoms with E-state index in [0.29, 0.717) is 0 Å². The van der Waals surface area contributed by atoms with E-state index in [4.69, 9.17) is 0 Å². The van der Waals surface area contributed by atoms with Gasteiger partial charge in [0.05, 0.1) is 35.4 Å². The van der Waals surface area contributed by atoms with Gasteiger partial charge in [-0.25, -0.2) is 8.96 Å². The molecule has 0 aliphatic carbocycles. The van der Waals surface area contributed by atoms with Gasteiger partial charge in [0.15, 0.2) is 6.20 Å². The molecule has 3 heterocycles. The average Bonchev–Trinajstić information content (AvgIpc) is 3.02. The van der Waals surface area contributed by atoms with Crippen molar-refractivity contribution in [2.75, 3.05) is 0 Å². The summed E-state index contributed by atoms with van der Waals surface area (Å²) in [6.07, 6.45) is 2.18. The Labute approximate surface area is 181 Å². The number of rotatable bonds is 1. The minimum atomic E-state index is -1.54. The van der Waals surface area contributed by atoms with Gasteiger partial charge in [-0.15, -0.1) is 0 Å². The monoisotopic (exact) mass is 425 g/mol. The number of benzene rings is 3. The Bertz CT molecular complexity index is 1700. The van der Waals surface area contributed by atoms with Gasteiger partial charge in [-0.2, -0.15) is 0 Å². The van der Waals surface area contributed by atoms with Gasteiger partial charge in [0, 0.05) is 16.8 Å². The van der Waals surface area contributed by atoms with E-state index in [2.05, 4.69) is 80.0 Å². The van der Waals surface area contributed by atoms with Crippen LogP contribution in [0.3, 0.4) is 0 Å². The van der Waals surface area contributed by atoms with E-state index in [9.17, 15) is 4.39 Å². The zero-order valence-corrected chi connectivity index (χ0v) is 19.9. The number of aromatic nitrogens is 2. The molecule has 0 radical (unpaired) electrons. The van der Waals surface area contributed by atoms with Crippen LogP contribution in [0.5, 0.6) is 0 Å². The molecule has 0 bridgehead atoms. The smallest absolute Gasteiger partial charge is 0.224 e. The molecule has 0 aliphatic rings. The Morgan fingerprint density at radius 1 is 0.871 bits per heavy atom. The number of fused-ring (bicyclic) bond motifs is 5. The van der Waals surface area contributed by atoms with Crippen molar-refractivity contribution in [3.8, 4) is 0 Å². The van der Waals surface area contributed by atoms with Crippen LogP contribution in [0.1, 0.15) is 11.1 Å². The highest BCUT2D eigenvalue weighted by molar-refractivity contribution is 6.89. The van der Waals surface area contributed by atoms with Gasteiger partial charge in [0.1, 0.15) is 12.9 Å². The van der Waals surface area contributed by atoms with Crippen LogP contribution < -0.4 is 9.75 Å². The fraction of sp³-hybridized carbons (Fsp3) is 0.222. The first kappa shape index (κ1) is 18.8. The molecule has 154 valence electrons. The second kappa shape index (κ2) is 5.83. The lowest BCUT2D eigenvalue weighted by molar-refractivity contribution is -0.643. The molecule has 3 aromatic carbocycles. The minimum Gasteiger partial charge on any atom is -0.307 e. The Morgan fingerprint density at radius 2 is 1.65 bits per heavy atom. The zero-order chi connectivity index (χ0) is 21.8. The fourth-order valence-corrected chi connectivity index (χ4v) is 6.47. The number of aryl methyl sites for hydroxylation is 3. The SMILES string of the molecule is Cc1cc2c3cc(F)ccc3n3c4cc([Si](C)(C)C)cc5cc[n+](C)c(c(c1C)c23)c54. The maximum Gasteiger partial charge on any atom is 0.224 e. The first-order valence-corrected chi connectivity index (χ1v) is 14.4. The van der Waals surface area contributed by atoms with E-state index in [0.717, 1.165) is 16.3 Å². The second-order valence-corrected chi connectivity index (χ2v) is 15.1. The number of nitrogens with zero attached hydrogens (tertiary/aromatic N) is 2. The van der Waals surface area contributed by atoms with Crippen molar-refractivity contribution in [2.45, 2.75) is 33.5 Å². The number of hydrogen-bond acceptors (Lipinski definition) is 0. The summed E-state index contributed by atoms with van der Waals surface area (Å²) in [7, 11) is 0.600. The summed E-state index contributed by atoms with van der Waals surface area (Å²) in [5.41, 5.74) is 7.30. The molecule has 0 unspecified atom stereocenters. The Kier molecular flexibility index (Phi) is 3.53. The summed E-state index contributed by atoms with van der Waals surface area (Å²) in [4.78, 5) is 0. The van der Waals surface area contributed by atoms with Crippen LogP contribution in [0.25, 0.3) is 49.0 Å². The Hall–Kier alpha value is -2.98. The van der Waals surface area contributed by atoms with Gasteiger partial charge in [-0.1, -0.05) is 30.9 Å². The molecular formula is C27H26FN2Si+. The van der Waals surface area contributed by atoms with Crippen molar-refractivity contribution in [3.63, 3.8) is 0 Å². The normalized spacial score (nSPS) is 13.0. The second-order valence-electron chi connectivity index (χ2n) is 10.1. The molecule has 0 saturated heterocycles. The summed E-state index contributed by atoms with van der Waals surface area (Å²) in [5.74, 6) is -0.186. The molecule has 0 spiro atoms. The maximum atomic E-state index is 14.3. The zero-order valence-electron chi connectivity index (χ0n) is 18.9. The lowest BCUT2D eigenvalue weighted by Gasteiger charge is -2.20. The summed E-state index contributed by atoms with van der Waals surface area (Å²) in [6.45, 7) is 11.6. The number of halogens is 1. The van der Waals surface area contributed by atoms with E-state index >= 15 is 0 Å². The summed E-state index contributed by atoms with van der Waals surface area (Å²) < 4.78 is 19.0. The van der Waals surface area contributed by atoms with Gasteiger partial charge in [-0.3, -0.25) is 0 Å². The van der Waals surface area contributed by atoms with E-state index in [-0.39, 0.29) is 5.82 Å². The third kappa shape index (κ3) is 2.34. The van der Waals surface area contributed by atoms with Crippen LogP contribution in [0, 0.1) is 19.7 Å². The van der Waals surface area contributed by atoms with Gasteiger partial charge in [0.25, 0.3) is 0 Å². The molecular weight excluding hydrogens is 399 g/mol. The highest BCUT2D eigenvalue weighted by atomic mass is 28.3. The number of hydrogen-bond donors (Lipinski definition) is 0. The van der Waals surface area contributed by atoms with Gasteiger partial charge >= 0.3 is 0 Å². The summed E-state index contributed by atoms with van der Waals surface area (Å²) >= 11 is 0. The fourth-order valence-electron chi connectivity index (χ4n) is 5.31. The molecule has 0 atom stereocenters. The van der Waals surface area contributed by atoms with Crippen LogP contribution in [-0.2, 0) is 7.05 Å². The maximum absolute atomic E-state index is 14.3. The van der Waals surface area contributed by atoms with E-state index in [1.54, 1.807) is 12.1 Å². The van der Waals surface area contributed by atoms with E-state index in [1.165, 1.54) is 49.0 Å². The Balaban J connectivity index is 2.08. The quantitative estimate of drug-likeness (QED) is 0.130. The van der Waals surface area contributed by atoms with E-state index < -0.39 is 8.07 Å². The third-order valence-corrected chi connectivity index (χ3v) is 9.11. The topological polar surface area (TPSA) is 8.29 Å². The van der Waals surface area contributed by atoms with Crippen molar-refractivity contribution in [2.24, 2.45) is 7.05 Å². The van der Waals surface area contributed by atoms with Crippen LogP contribution in [0.15, 0.2) is 48.7 Å². The van der Waals surface area contributed by atoms with Gasteiger partial charge in [0.2, 0.25) is 5.52 Å². The molecule has 2 nitrogen and oxygen atoms in total. The summed E-state index contributed by atoms with van der Waals surface area (Å²) in [5, 5.41) is 7.41. The lowest BCUT2D eigenvalue weighted by Crippen LogP contribution is -2.38. The average molecular weight is 426 g/mol. The van der Waals surface area contributed by atoms with Crippen molar-refractivity contribution in [3.05, 3.63) is 65.6 Å². The predicted octanol–water partition coefficient (Wildman–Crippen LogP) is 6.12. The number of pyridine rings is 2. The van der Waals surface area contributed by atoms with Crippen LogP contribution in [0.4, 0.5) is 4.39 Å². The molecule has 0 amide bonds. The Morgan fingerprint density at radius 3 is 2.39 bits per heavy atom. The van der Waals surface area contributed by atoms with Gasteiger partial charge < -0.3 is 4.40 Å². The molecule has 0 saturated carbocycles. The molecule has 31 heavy (non-hydrogen) atoms. The van der Waals surface area contributed by atoms with Crippen LogP contribution in [0.2, 0.25) is 19.6 Å². The molecule has 0 fully saturated rings. The van der Waals surface area contributed by atoms with Crippen molar-refractivity contribution in [1.82, 2.24) is 4.40 Å². The molecule has 3 aromatic heterocycles. The third-order valence-electron chi connectivity index (χ3n) is 7.09. The standard InChI is InChI=1S/C27H26FN2Si/c1-15-11-21-20-13-18(28)7-8-22(20)30-23-14-19(31(4,5)6)12-17-9-10-29(3)27(25(17)23)24(16(15)2)26(21)30/h7-14H,1-6H3/q+1. The highest BCUT2D eigenvalue weighted by Gasteiger charge is 2.27. The molecule has 0 N–H and O–H groups in total. The van der Waals surface area contributed by atoms with E-state index in [1.807, 2.05) is 6.07 Å². The van der Waals surface area contributed by atoms with Gasteiger partial charge in [-0.05, 0) is 60.7 Å². The largest absolute Gasteiger partial charge is 0.307 e. The predicted molar refractivity (Wildman–Crippen MR) is 132 cm³/mol. The van der Waals surface area contributed by atoms with Crippen LogP contribution >= 0.6 is 0 Å². The van der Waals surface area contributed by atoms with Crippen LogP contribution in [-0.4, -0.2) is 12.5 Å². The molecule has 6 aromatic rings. The minimum absolute atomic E-state index is 0.186. The first-order valence-electron chi connectivity index (χ1n) is 10.9. The molecule has 6 rings (SSSR count). The van der Waals surface area contributed by atoms with Crippen molar-refractivity contribution in [1.29, 1.82) is 0 Å². The van der Waals surface area contributed by atoms with Crippen molar-refractivity contribution >= 4 is 62.3 Å². The highest BCUT2D eigenvalue weighted by Crippen LogP contribution is 2.41. The molecule has 0 aliphatic heterocycles. The first-order chi connectivity index (χ1) is 14.7. The van der Waals surface area contributed by atoms with Crippen molar-refractivity contribution < 1.29 is 8.96 Å².